The van der Waals surface area contributed by atoms with Crippen molar-refractivity contribution in [3.8, 4) is 16.5 Å². The first-order chi connectivity index (χ1) is 10.2. The van der Waals surface area contributed by atoms with Crippen molar-refractivity contribution < 1.29 is 0 Å². The zero-order chi connectivity index (χ0) is 14.8. The van der Waals surface area contributed by atoms with E-state index in [0.29, 0.717) is 15.4 Å². The Morgan fingerprint density at radius 3 is 2.86 bits per heavy atom. The van der Waals surface area contributed by atoms with Gasteiger partial charge in [-0.05, 0) is 11.6 Å². The summed E-state index contributed by atoms with van der Waals surface area (Å²) in [5.74, 6) is 0.279. The van der Waals surface area contributed by atoms with E-state index in [1.165, 1.54) is 27.7 Å². The molecule has 0 radical (unpaired) electrons. The second-order valence-corrected chi connectivity index (χ2v) is 6.39. The van der Waals surface area contributed by atoms with Gasteiger partial charge in [-0.2, -0.15) is 5.26 Å². The van der Waals surface area contributed by atoms with Gasteiger partial charge in [0.05, 0.1) is 17.3 Å². The summed E-state index contributed by atoms with van der Waals surface area (Å²) in [6, 6.07) is 13.9. The van der Waals surface area contributed by atoms with Crippen LogP contribution in [-0.4, -0.2) is 15.3 Å². The third-order valence-electron chi connectivity index (χ3n) is 3.04. The van der Waals surface area contributed by atoms with Crippen LogP contribution in [0.5, 0.6) is 0 Å². The SMILES string of the molecule is Cn1c(SCC#N)nc2cc(-c3ccccc3)sc2c1=O. The molecule has 0 aliphatic rings. The van der Waals surface area contributed by atoms with Gasteiger partial charge in [-0.1, -0.05) is 42.1 Å². The fraction of sp³-hybridized carbons (Fsp3) is 0.133. The van der Waals surface area contributed by atoms with Gasteiger partial charge in [0.2, 0.25) is 0 Å². The number of fused-ring (bicyclic) bond motifs is 1. The molecular weight excluding hydrogens is 302 g/mol. The van der Waals surface area contributed by atoms with Crippen LogP contribution in [-0.2, 0) is 7.05 Å². The Hall–Kier alpha value is -2.10. The van der Waals surface area contributed by atoms with Gasteiger partial charge in [-0.3, -0.25) is 9.36 Å². The summed E-state index contributed by atoms with van der Waals surface area (Å²) >= 11 is 2.73. The summed E-state index contributed by atoms with van der Waals surface area (Å²) in [5.41, 5.74) is 1.71. The summed E-state index contributed by atoms with van der Waals surface area (Å²) < 4.78 is 2.16. The van der Waals surface area contributed by atoms with Crippen molar-refractivity contribution in [2.75, 3.05) is 5.75 Å². The quantitative estimate of drug-likeness (QED) is 0.550. The number of nitrogens with zero attached hydrogens (tertiary/aromatic N) is 3. The Balaban J connectivity index is 2.16. The van der Waals surface area contributed by atoms with Crippen molar-refractivity contribution in [1.29, 1.82) is 5.26 Å². The molecule has 0 fully saturated rings. The van der Waals surface area contributed by atoms with E-state index in [1.807, 2.05) is 36.4 Å². The Morgan fingerprint density at radius 2 is 2.14 bits per heavy atom. The van der Waals surface area contributed by atoms with Crippen molar-refractivity contribution >= 4 is 33.3 Å². The number of hydrogen-bond donors (Lipinski definition) is 0. The Bertz CT molecular complexity index is 891. The van der Waals surface area contributed by atoms with Crippen LogP contribution in [0.2, 0.25) is 0 Å². The number of rotatable bonds is 3. The molecule has 0 aliphatic carbocycles. The zero-order valence-corrected chi connectivity index (χ0v) is 12.9. The molecular formula is C15H11N3OS2. The monoisotopic (exact) mass is 313 g/mol. The van der Waals surface area contributed by atoms with E-state index < -0.39 is 0 Å². The summed E-state index contributed by atoms with van der Waals surface area (Å²) in [7, 11) is 1.69. The molecule has 3 rings (SSSR count). The van der Waals surface area contributed by atoms with Crippen LogP contribution >= 0.6 is 23.1 Å². The standard InChI is InChI=1S/C15H11N3OS2/c1-18-14(19)13-11(17-15(18)20-8-7-16)9-12(21-13)10-5-3-2-4-6-10/h2-6,9H,8H2,1H3. The highest BCUT2D eigenvalue weighted by Gasteiger charge is 2.13. The smallest absolute Gasteiger partial charge is 0.271 e. The summed E-state index contributed by atoms with van der Waals surface area (Å²) in [6.45, 7) is 0. The normalized spacial score (nSPS) is 10.7. The van der Waals surface area contributed by atoms with Crippen molar-refractivity contribution in [2.45, 2.75) is 5.16 Å². The Morgan fingerprint density at radius 1 is 1.38 bits per heavy atom. The van der Waals surface area contributed by atoms with Crippen LogP contribution < -0.4 is 5.56 Å². The molecule has 104 valence electrons. The van der Waals surface area contributed by atoms with E-state index in [4.69, 9.17) is 5.26 Å². The molecule has 6 heteroatoms. The van der Waals surface area contributed by atoms with Crippen LogP contribution in [0.15, 0.2) is 46.3 Å². The van der Waals surface area contributed by atoms with E-state index in [0.717, 1.165) is 10.4 Å². The molecule has 0 amide bonds. The molecule has 0 saturated heterocycles. The van der Waals surface area contributed by atoms with Gasteiger partial charge in [0.25, 0.3) is 5.56 Å². The van der Waals surface area contributed by atoms with Gasteiger partial charge in [0.15, 0.2) is 5.16 Å². The first-order valence-corrected chi connectivity index (χ1v) is 8.06. The highest BCUT2D eigenvalue weighted by atomic mass is 32.2. The van der Waals surface area contributed by atoms with Gasteiger partial charge in [-0.15, -0.1) is 11.3 Å². The van der Waals surface area contributed by atoms with Gasteiger partial charge < -0.3 is 0 Å². The molecule has 0 aliphatic heterocycles. The maximum Gasteiger partial charge on any atom is 0.271 e. The largest absolute Gasteiger partial charge is 0.289 e. The Labute approximate surface area is 129 Å². The topological polar surface area (TPSA) is 58.7 Å². The van der Waals surface area contributed by atoms with E-state index in [9.17, 15) is 4.79 Å². The molecule has 21 heavy (non-hydrogen) atoms. The lowest BCUT2D eigenvalue weighted by Gasteiger charge is -2.03. The molecule has 0 bridgehead atoms. The first-order valence-electron chi connectivity index (χ1n) is 6.26. The summed E-state index contributed by atoms with van der Waals surface area (Å²) in [5, 5.41) is 9.25. The minimum absolute atomic E-state index is 0.0624. The van der Waals surface area contributed by atoms with Crippen LogP contribution in [0.4, 0.5) is 0 Å². The highest BCUT2D eigenvalue weighted by Crippen LogP contribution is 2.31. The third-order valence-corrected chi connectivity index (χ3v) is 5.10. The van der Waals surface area contributed by atoms with Crippen molar-refractivity contribution in [2.24, 2.45) is 7.05 Å². The lowest BCUT2D eigenvalue weighted by atomic mass is 10.2. The van der Waals surface area contributed by atoms with Gasteiger partial charge >= 0.3 is 0 Å². The fourth-order valence-corrected chi connectivity index (χ4v) is 3.72. The average Bonchev–Trinajstić information content (AvgIpc) is 2.94. The van der Waals surface area contributed by atoms with Gasteiger partial charge in [0, 0.05) is 11.9 Å². The van der Waals surface area contributed by atoms with Crippen LogP contribution in [0, 0.1) is 11.3 Å². The second kappa shape index (κ2) is 5.72. The van der Waals surface area contributed by atoms with E-state index >= 15 is 0 Å². The number of thiophene rings is 1. The first kappa shape index (κ1) is 13.9. The number of aromatic nitrogens is 2. The minimum Gasteiger partial charge on any atom is -0.289 e. The van der Waals surface area contributed by atoms with E-state index in [-0.39, 0.29) is 11.3 Å². The van der Waals surface area contributed by atoms with Crippen molar-refractivity contribution in [3.05, 3.63) is 46.8 Å². The second-order valence-electron chi connectivity index (χ2n) is 4.40. The van der Waals surface area contributed by atoms with Crippen LogP contribution in [0.1, 0.15) is 0 Å². The molecule has 2 aromatic heterocycles. The highest BCUT2D eigenvalue weighted by molar-refractivity contribution is 7.99. The summed E-state index contributed by atoms with van der Waals surface area (Å²) in [4.78, 5) is 17.9. The predicted octanol–water partition coefficient (Wildman–Crippen LogP) is 3.28. The zero-order valence-electron chi connectivity index (χ0n) is 11.2. The predicted molar refractivity (Wildman–Crippen MR) is 86.6 cm³/mol. The molecule has 4 nitrogen and oxygen atoms in total. The van der Waals surface area contributed by atoms with Crippen molar-refractivity contribution in [1.82, 2.24) is 9.55 Å². The number of thioether (sulfide) groups is 1. The third kappa shape index (κ3) is 2.58. The van der Waals surface area contributed by atoms with Gasteiger partial charge in [0.1, 0.15) is 4.70 Å². The minimum atomic E-state index is -0.0624. The molecule has 0 N–H and O–H groups in total. The lowest BCUT2D eigenvalue weighted by Crippen LogP contribution is -2.18. The van der Waals surface area contributed by atoms with Crippen LogP contribution in [0.3, 0.4) is 0 Å². The number of hydrogen-bond acceptors (Lipinski definition) is 5. The molecule has 0 atom stereocenters. The van der Waals surface area contributed by atoms with Gasteiger partial charge in [-0.25, -0.2) is 4.98 Å². The lowest BCUT2D eigenvalue weighted by molar-refractivity contribution is 0.728. The molecule has 2 heterocycles. The average molecular weight is 313 g/mol. The maximum atomic E-state index is 12.4. The van der Waals surface area contributed by atoms with E-state index in [2.05, 4.69) is 11.1 Å². The summed E-state index contributed by atoms with van der Waals surface area (Å²) in [6.07, 6.45) is 0. The molecule has 0 unspecified atom stereocenters. The maximum absolute atomic E-state index is 12.4. The van der Waals surface area contributed by atoms with E-state index in [1.54, 1.807) is 7.05 Å². The Kier molecular flexibility index (Phi) is 3.78. The molecule has 1 aromatic carbocycles. The number of nitriles is 1. The van der Waals surface area contributed by atoms with Crippen LogP contribution in [0.25, 0.3) is 20.7 Å². The fourth-order valence-electron chi connectivity index (χ4n) is 2.01. The van der Waals surface area contributed by atoms with Crippen molar-refractivity contribution in [3.63, 3.8) is 0 Å². The molecule has 3 aromatic rings. The molecule has 0 spiro atoms. The molecule has 0 saturated carbocycles. The number of benzene rings is 1.